The zero-order chi connectivity index (χ0) is 39.2. The second kappa shape index (κ2) is 13.8. The Bertz CT molecular complexity index is 2620. The fourth-order valence-corrected chi connectivity index (χ4v) is 14.1. The summed E-state index contributed by atoms with van der Waals surface area (Å²) in [6.45, 7) is 11.9. The number of aliphatic imine (C=N–C) groups is 1. The maximum absolute atomic E-state index is 6.03. The van der Waals surface area contributed by atoms with Crippen LogP contribution in [-0.2, 0) is 0 Å². The molecule has 4 heterocycles. The van der Waals surface area contributed by atoms with Crippen LogP contribution in [0.2, 0.25) is 0 Å². The van der Waals surface area contributed by atoms with Gasteiger partial charge in [0.15, 0.2) is 0 Å². The third-order valence-electron chi connectivity index (χ3n) is 13.6. The minimum atomic E-state index is -0.522. The number of anilines is 1. The molecule has 58 heavy (non-hydrogen) atoms. The lowest BCUT2D eigenvalue weighted by molar-refractivity contribution is 0.392. The number of benzene rings is 4. The molecule has 0 radical (unpaired) electrons. The number of hydrogen-bond donors (Lipinski definition) is 0. The van der Waals surface area contributed by atoms with Gasteiger partial charge in [0.2, 0.25) is 0 Å². The molecule has 6 atom stereocenters. The lowest BCUT2D eigenvalue weighted by Gasteiger charge is -2.48. The fraction of sp³-hybridized carbons (Fsp3) is 0.241. The van der Waals surface area contributed by atoms with Crippen LogP contribution in [0.5, 0.6) is 0 Å². The Balaban J connectivity index is 1.10. The summed E-state index contributed by atoms with van der Waals surface area (Å²) >= 11 is 4.13. The van der Waals surface area contributed by atoms with Gasteiger partial charge in [-0.3, -0.25) is 4.99 Å². The highest BCUT2D eigenvalue weighted by atomic mass is 32.2. The molecule has 4 heteroatoms. The molecule has 0 saturated heterocycles. The van der Waals surface area contributed by atoms with E-state index in [4.69, 9.17) is 4.99 Å². The monoisotopic (exact) mass is 788 g/mol. The van der Waals surface area contributed by atoms with Crippen molar-refractivity contribution in [3.05, 3.63) is 213 Å². The van der Waals surface area contributed by atoms with Crippen LogP contribution in [0.1, 0.15) is 62.6 Å². The van der Waals surface area contributed by atoms with Gasteiger partial charge in [-0.05, 0) is 82.0 Å². The maximum Gasteiger partial charge on any atom is 0.134 e. The quantitative estimate of drug-likeness (QED) is 0.181. The molecular formula is C54H48N2S2. The SMILES string of the molecule is C=C(/C=C\C1SC2=C(C3=C(C=CCC3)C3c4cc(-c5ccccc5)ccc4N(C4(C)CC5=C(SC6C=CC=CC56)C(c5ccccc5)=N4)C23)C1(C)C)c1ccccc1. The molecule has 0 spiro atoms. The number of thioether (sulfide) groups is 2. The lowest BCUT2D eigenvalue weighted by atomic mass is 9.67. The van der Waals surface area contributed by atoms with Crippen molar-refractivity contribution in [2.45, 2.75) is 68.2 Å². The van der Waals surface area contributed by atoms with Crippen LogP contribution in [0.3, 0.4) is 0 Å². The molecular weight excluding hydrogens is 741 g/mol. The van der Waals surface area contributed by atoms with Crippen LogP contribution in [0.25, 0.3) is 16.7 Å². The smallest absolute Gasteiger partial charge is 0.134 e. The summed E-state index contributed by atoms with van der Waals surface area (Å²) in [5, 5.41) is 0.677. The summed E-state index contributed by atoms with van der Waals surface area (Å²) < 4.78 is 0. The van der Waals surface area contributed by atoms with Crippen LogP contribution in [-0.4, -0.2) is 27.9 Å². The van der Waals surface area contributed by atoms with Crippen LogP contribution in [0, 0.1) is 11.3 Å². The molecule has 6 unspecified atom stereocenters. The molecule has 2 nitrogen and oxygen atoms in total. The molecule has 11 rings (SSSR count). The summed E-state index contributed by atoms with van der Waals surface area (Å²) in [4.78, 5) is 11.8. The van der Waals surface area contributed by atoms with Crippen molar-refractivity contribution < 1.29 is 0 Å². The Hall–Kier alpha value is -5.03. The Morgan fingerprint density at radius 1 is 0.828 bits per heavy atom. The highest BCUT2D eigenvalue weighted by molar-refractivity contribution is 8.05. The second-order valence-corrected chi connectivity index (χ2v) is 19.9. The van der Waals surface area contributed by atoms with E-state index in [1.165, 1.54) is 48.9 Å². The summed E-state index contributed by atoms with van der Waals surface area (Å²) in [6.07, 6.45) is 22.1. The van der Waals surface area contributed by atoms with E-state index in [0.29, 0.717) is 11.2 Å². The van der Waals surface area contributed by atoms with Gasteiger partial charge in [-0.2, -0.15) is 0 Å². The molecule has 0 fully saturated rings. The lowest BCUT2D eigenvalue weighted by Crippen LogP contribution is -2.53. The van der Waals surface area contributed by atoms with E-state index in [9.17, 15) is 0 Å². The van der Waals surface area contributed by atoms with E-state index in [0.717, 1.165) is 30.5 Å². The third-order valence-corrected chi connectivity index (χ3v) is 16.7. The Morgan fingerprint density at radius 2 is 1.55 bits per heavy atom. The predicted octanol–water partition coefficient (Wildman–Crippen LogP) is 13.7. The average Bonchev–Trinajstić information content (AvgIpc) is 3.90. The molecule has 0 aromatic heterocycles. The first-order chi connectivity index (χ1) is 28.3. The summed E-state index contributed by atoms with van der Waals surface area (Å²) in [7, 11) is 0. The zero-order valence-electron chi connectivity index (χ0n) is 33.4. The molecule has 4 aliphatic heterocycles. The van der Waals surface area contributed by atoms with Crippen LogP contribution in [0.4, 0.5) is 5.69 Å². The van der Waals surface area contributed by atoms with Crippen LogP contribution in [0.15, 0.2) is 201 Å². The van der Waals surface area contributed by atoms with Crippen molar-refractivity contribution in [2.75, 3.05) is 4.90 Å². The van der Waals surface area contributed by atoms with Gasteiger partial charge in [0.1, 0.15) is 5.66 Å². The van der Waals surface area contributed by atoms with Crippen molar-refractivity contribution in [3.8, 4) is 11.1 Å². The third kappa shape index (κ3) is 5.58. The number of nitrogens with zero attached hydrogens (tertiary/aromatic N) is 2. The molecule has 0 N–H and O–H groups in total. The molecule has 0 saturated carbocycles. The van der Waals surface area contributed by atoms with Crippen molar-refractivity contribution in [3.63, 3.8) is 0 Å². The first kappa shape index (κ1) is 36.1. The van der Waals surface area contributed by atoms with E-state index in [2.05, 4.69) is 202 Å². The maximum atomic E-state index is 6.03. The first-order valence-electron chi connectivity index (χ1n) is 20.9. The first-order valence-corrected chi connectivity index (χ1v) is 22.7. The largest absolute Gasteiger partial charge is 0.338 e. The average molecular weight is 789 g/mol. The van der Waals surface area contributed by atoms with Gasteiger partial charge in [-0.25, -0.2) is 0 Å². The summed E-state index contributed by atoms with van der Waals surface area (Å²) in [5.41, 5.74) is 15.5. The highest BCUT2D eigenvalue weighted by Gasteiger charge is 2.58. The zero-order valence-corrected chi connectivity index (χ0v) is 35.1. The van der Waals surface area contributed by atoms with Crippen LogP contribution < -0.4 is 4.90 Å². The second-order valence-electron chi connectivity index (χ2n) is 17.5. The number of allylic oxidation sites excluding steroid dienone is 10. The molecule has 0 bridgehead atoms. The topological polar surface area (TPSA) is 15.6 Å². The Kier molecular flexibility index (Phi) is 8.57. The van der Waals surface area contributed by atoms with E-state index in [1.807, 2.05) is 11.8 Å². The summed E-state index contributed by atoms with van der Waals surface area (Å²) in [5.74, 6) is 0.584. The highest BCUT2D eigenvalue weighted by Crippen LogP contribution is 2.67. The molecule has 4 aromatic rings. The Labute approximate surface area is 352 Å². The number of dihydropyridines is 1. The molecule has 4 aromatic carbocycles. The van der Waals surface area contributed by atoms with Gasteiger partial charge in [-0.15, -0.1) is 23.5 Å². The minimum absolute atomic E-state index is 0.0734. The normalized spacial score (nSPS) is 28.6. The number of rotatable bonds is 6. The predicted molar refractivity (Wildman–Crippen MR) is 249 cm³/mol. The van der Waals surface area contributed by atoms with Crippen molar-refractivity contribution in [1.29, 1.82) is 0 Å². The van der Waals surface area contributed by atoms with E-state index >= 15 is 0 Å². The van der Waals surface area contributed by atoms with Gasteiger partial charge in [0.05, 0.1) is 11.8 Å². The Morgan fingerprint density at radius 3 is 2.33 bits per heavy atom. The van der Waals surface area contributed by atoms with Gasteiger partial charge in [0.25, 0.3) is 0 Å². The minimum Gasteiger partial charge on any atom is -0.338 e. The van der Waals surface area contributed by atoms with Gasteiger partial charge >= 0.3 is 0 Å². The standard InChI is InChI=1S/C54H48N2S2/c1-34(35-18-8-5-9-19-35)28-31-46-53(2,3)48-41-26-15-14-25-40(41)47-42-32-38(36-20-10-6-11-21-36)29-30-44(42)56(50(47)52(48)58-46)54(4)33-43-39-24-16-17-27-45(39)57-51(43)49(55-54)37-22-12-7-13-23-37/h5-14,16-25,27-32,39,45-47,50H,1,15,26,33H2,2-4H3/b31-28-. The van der Waals surface area contributed by atoms with Gasteiger partial charge in [0, 0.05) is 55.2 Å². The molecule has 3 aliphatic carbocycles. The molecule has 286 valence electrons. The van der Waals surface area contributed by atoms with E-state index in [1.54, 1.807) is 16.7 Å². The number of fused-ring (bicyclic) bond motifs is 8. The van der Waals surface area contributed by atoms with Crippen LogP contribution >= 0.6 is 23.5 Å². The van der Waals surface area contributed by atoms with Gasteiger partial charge in [-0.1, -0.05) is 166 Å². The van der Waals surface area contributed by atoms with Gasteiger partial charge < -0.3 is 4.90 Å². The number of hydrogen-bond acceptors (Lipinski definition) is 4. The van der Waals surface area contributed by atoms with Crippen molar-refractivity contribution in [1.82, 2.24) is 0 Å². The van der Waals surface area contributed by atoms with Crippen molar-refractivity contribution in [2.24, 2.45) is 16.3 Å². The fourth-order valence-electron chi connectivity index (χ4n) is 10.9. The van der Waals surface area contributed by atoms with E-state index < -0.39 is 5.66 Å². The molecule has 7 aliphatic rings. The summed E-state index contributed by atoms with van der Waals surface area (Å²) in [6, 6.07) is 40.0. The van der Waals surface area contributed by atoms with E-state index in [-0.39, 0.29) is 22.6 Å². The molecule has 0 amide bonds. The van der Waals surface area contributed by atoms with Crippen molar-refractivity contribution >= 4 is 40.5 Å².